The largest absolute Gasteiger partial charge is 0.335 e. The van der Waals surface area contributed by atoms with E-state index in [0.29, 0.717) is 19.4 Å². The number of rotatable bonds is 2. The lowest BCUT2D eigenvalue weighted by molar-refractivity contribution is -0.137. The van der Waals surface area contributed by atoms with Gasteiger partial charge in [-0.05, 0) is 24.1 Å². The van der Waals surface area contributed by atoms with Crippen molar-refractivity contribution in [3.63, 3.8) is 0 Å². The minimum absolute atomic E-state index is 0.0271. The van der Waals surface area contributed by atoms with Crippen LogP contribution in [0.3, 0.4) is 0 Å². The fourth-order valence-corrected chi connectivity index (χ4v) is 1.84. The summed E-state index contributed by atoms with van der Waals surface area (Å²) in [6, 6.07) is 3.65. The second kappa shape index (κ2) is 4.88. The average Bonchev–Trinajstić information content (AvgIpc) is 2.30. The molecule has 4 nitrogen and oxygen atoms in total. The fourth-order valence-electron chi connectivity index (χ4n) is 1.84. The molecule has 84 valence electrons. The van der Waals surface area contributed by atoms with Crippen molar-refractivity contribution in [1.82, 2.24) is 9.88 Å². The van der Waals surface area contributed by atoms with Crippen molar-refractivity contribution < 1.29 is 9.59 Å². The summed E-state index contributed by atoms with van der Waals surface area (Å²) in [4.78, 5) is 28.6. The van der Waals surface area contributed by atoms with Gasteiger partial charge in [0.25, 0.3) is 0 Å². The van der Waals surface area contributed by atoms with E-state index in [1.807, 2.05) is 12.1 Å². The number of hydrogen-bond donors (Lipinski definition) is 0. The van der Waals surface area contributed by atoms with Crippen LogP contribution in [0, 0.1) is 0 Å². The zero-order valence-electron chi connectivity index (χ0n) is 9.06. The molecule has 0 radical (unpaired) electrons. The summed E-state index contributed by atoms with van der Waals surface area (Å²) < 4.78 is 0. The maximum atomic E-state index is 11.9. The molecule has 1 amide bonds. The van der Waals surface area contributed by atoms with Gasteiger partial charge in [-0.3, -0.25) is 14.6 Å². The molecule has 1 aliphatic heterocycles. The third kappa shape index (κ3) is 2.66. The van der Waals surface area contributed by atoms with Gasteiger partial charge in [-0.2, -0.15) is 0 Å². The second-order valence-electron chi connectivity index (χ2n) is 3.99. The van der Waals surface area contributed by atoms with Gasteiger partial charge in [0.15, 0.2) is 5.78 Å². The maximum Gasteiger partial charge on any atom is 0.227 e. The van der Waals surface area contributed by atoms with Crippen LogP contribution >= 0.6 is 0 Å². The fraction of sp³-hybridized carbons (Fsp3) is 0.417. The highest BCUT2D eigenvalue weighted by Crippen LogP contribution is 2.08. The number of piperidine rings is 1. The molecule has 0 spiro atoms. The monoisotopic (exact) mass is 218 g/mol. The van der Waals surface area contributed by atoms with Crippen molar-refractivity contribution >= 4 is 11.7 Å². The third-order valence-electron chi connectivity index (χ3n) is 2.71. The van der Waals surface area contributed by atoms with Gasteiger partial charge < -0.3 is 4.90 Å². The number of aromatic nitrogens is 1. The molecule has 2 rings (SSSR count). The minimum atomic E-state index is 0.0271. The maximum absolute atomic E-state index is 11.9. The lowest BCUT2D eigenvalue weighted by Crippen LogP contribution is -2.40. The average molecular weight is 218 g/mol. The Hall–Kier alpha value is -1.71. The van der Waals surface area contributed by atoms with Gasteiger partial charge in [0, 0.05) is 25.4 Å². The summed E-state index contributed by atoms with van der Waals surface area (Å²) in [5.74, 6) is 0.188. The van der Waals surface area contributed by atoms with Crippen molar-refractivity contribution in [2.45, 2.75) is 19.3 Å². The van der Waals surface area contributed by atoms with E-state index in [0.717, 1.165) is 12.0 Å². The first-order valence-corrected chi connectivity index (χ1v) is 5.44. The molecule has 0 atom stereocenters. The molecule has 1 aliphatic rings. The van der Waals surface area contributed by atoms with Crippen LogP contribution in [0.4, 0.5) is 0 Å². The minimum Gasteiger partial charge on any atom is -0.335 e. The normalized spacial score (nSPS) is 16.2. The molecule has 0 saturated carbocycles. The Morgan fingerprint density at radius 2 is 2.12 bits per heavy atom. The van der Waals surface area contributed by atoms with Gasteiger partial charge in [0.1, 0.15) is 0 Å². The predicted octanol–water partition coefficient (Wildman–Crippen LogP) is 0.816. The number of Topliss-reactive ketones (excluding diaryl/α,β-unsaturated/α-hetero) is 1. The molecule has 0 aliphatic carbocycles. The quantitative estimate of drug-likeness (QED) is 0.738. The van der Waals surface area contributed by atoms with Crippen LogP contribution in [-0.4, -0.2) is 34.7 Å². The first-order chi connectivity index (χ1) is 7.75. The van der Waals surface area contributed by atoms with Crippen molar-refractivity contribution in [3.05, 3.63) is 30.1 Å². The van der Waals surface area contributed by atoms with Crippen molar-refractivity contribution in [3.8, 4) is 0 Å². The molecular formula is C12H14N2O2. The molecule has 0 aromatic carbocycles. The molecule has 1 aromatic rings. The van der Waals surface area contributed by atoms with Crippen LogP contribution in [0.15, 0.2) is 24.5 Å². The van der Waals surface area contributed by atoms with E-state index in [2.05, 4.69) is 4.98 Å². The Balaban J connectivity index is 1.95. The Kier molecular flexibility index (Phi) is 3.29. The molecule has 1 fully saturated rings. The molecule has 16 heavy (non-hydrogen) atoms. The van der Waals surface area contributed by atoms with Gasteiger partial charge >= 0.3 is 0 Å². The lowest BCUT2D eigenvalue weighted by atomic mass is 10.1. The highest BCUT2D eigenvalue weighted by atomic mass is 16.2. The predicted molar refractivity (Wildman–Crippen MR) is 58.8 cm³/mol. The topological polar surface area (TPSA) is 50.3 Å². The smallest absolute Gasteiger partial charge is 0.227 e. The number of nitrogens with zero attached hydrogens (tertiary/aromatic N) is 2. The van der Waals surface area contributed by atoms with Gasteiger partial charge in [0.05, 0.1) is 13.0 Å². The van der Waals surface area contributed by atoms with E-state index in [1.165, 1.54) is 0 Å². The molecule has 1 saturated heterocycles. The summed E-state index contributed by atoms with van der Waals surface area (Å²) in [7, 11) is 0. The van der Waals surface area contributed by atoms with E-state index in [9.17, 15) is 9.59 Å². The van der Waals surface area contributed by atoms with Gasteiger partial charge in [-0.25, -0.2) is 0 Å². The van der Waals surface area contributed by atoms with Crippen molar-refractivity contribution in [2.24, 2.45) is 0 Å². The third-order valence-corrected chi connectivity index (χ3v) is 2.71. The van der Waals surface area contributed by atoms with Crippen LogP contribution in [-0.2, 0) is 16.0 Å². The number of carbonyl (C=O) groups excluding carboxylic acids is 2. The zero-order valence-corrected chi connectivity index (χ0v) is 9.06. The second-order valence-corrected chi connectivity index (χ2v) is 3.99. The Bertz CT molecular complexity index is 389. The summed E-state index contributed by atoms with van der Waals surface area (Å²) in [6.07, 6.45) is 5.10. The standard InChI is InChI=1S/C12H14N2O2/c15-11-2-1-7-14(9-11)12(16)8-10-3-5-13-6-4-10/h3-6H,1-2,7-9H2. The highest BCUT2D eigenvalue weighted by Gasteiger charge is 2.21. The number of carbonyl (C=O) groups is 2. The van der Waals surface area contributed by atoms with Crippen LogP contribution in [0.2, 0.25) is 0 Å². The number of likely N-dealkylation sites (tertiary alicyclic amines) is 1. The van der Waals surface area contributed by atoms with Crippen LogP contribution in [0.25, 0.3) is 0 Å². The summed E-state index contributed by atoms with van der Waals surface area (Å²) >= 11 is 0. The van der Waals surface area contributed by atoms with Crippen LogP contribution < -0.4 is 0 Å². The first kappa shape index (κ1) is 10.8. The van der Waals surface area contributed by atoms with Gasteiger partial charge in [0.2, 0.25) is 5.91 Å². The zero-order chi connectivity index (χ0) is 11.4. The number of hydrogen-bond acceptors (Lipinski definition) is 3. The van der Waals surface area contributed by atoms with Crippen LogP contribution in [0.1, 0.15) is 18.4 Å². The summed E-state index contributed by atoms with van der Waals surface area (Å²) in [5.41, 5.74) is 0.943. The molecular weight excluding hydrogens is 204 g/mol. The summed E-state index contributed by atoms with van der Waals surface area (Å²) in [6.45, 7) is 0.986. The SMILES string of the molecule is O=C1CCCN(C(=O)Cc2ccncc2)C1. The van der Waals surface area contributed by atoms with Crippen LogP contribution in [0.5, 0.6) is 0 Å². The van der Waals surface area contributed by atoms with E-state index in [1.54, 1.807) is 17.3 Å². The molecule has 0 unspecified atom stereocenters. The Morgan fingerprint density at radius 1 is 1.38 bits per heavy atom. The number of ketones is 1. The number of pyridine rings is 1. The van der Waals surface area contributed by atoms with E-state index < -0.39 is 0 Å². The van der Waals surface area contributed by atoms with Crippen molar-refractivity contribution in [2.75, 3.05) is 13.1 Å². The van der Waals surface area contributed by atoms with Gasteiger partial charge in [-0.15, -0.1) is 0 Å². The molecule has 4 heteroatoms. The molecule has 2 heterocycles. The summed E-state index contributed by atoms with van der Waals surface area (Å²) in [5, 5.41) is 0. The van der Waals surface area contributed by atoms with Gasteiger partial charge in [-0.1, -0.05) is 0 Å². The number of amides is 1. The Morgan fingerprint density at radius 3 is 2.81 bits per heavy atom. The van der Waals surface area contributed by atoms with E-state index in [4.69, 9.17) is 0 Å². The molecule has 0 N–H and O–H groups in total. The van der Waals surface area contributed by atoms with E-state index in [-0.39, 0.29) is 18.2 Å². The lowest BCUT2D eigenvalue weighted by Gasteiger charge is -2.25. The first-order valence-electron chi connectivity index (χ1n) is 5.44. The molecule has 1 aromatic heterocycles. The Labute approximate surface area is 94.3 Å². The molecule has 0 bridgehead atoms. The van der Waals surface area contributed by atoms with E-state index >= 15 is 0 Å². The van der Waals surface area contributed by atoms with Crippen molar-refractivity contribution in [1.29, 1.82) is 0 Å². The highest BCUT2D eigenvalue weighted by molar-refractivity contribution is 5.88.